The van der Waals surface area contributed by atoms with Gasteiger partial charge in [0.25, 0.3) is 0 Å². The molecule has 0 spiro atoms. The van der Waals surface area contributed by atoms with Crippen LogP contribution in [0.5, 0.6) is 0 Å². The lowest BCUT2D eigenvalue weighted by Crippen LogP contribution is -2.00. The molecule has 11 heavy (non-hydrogen) atoms. The summed E-state index contributed by atoms with van der Waals surface area (Å²) in [6.07, 6.45) is 4.82. The molecule has 0 rings (SSSR count). The van der Waals surface area contributed by atoms with Crippen LogP contribution in [-0.2, 0) is 0 Å². The van der Waals surface area contributed by atoms with Crippen LogP contribution in [0.25, 0.3) is 0 Å². The first-order valence-corrected chi connectivity index (χ1v) is 4.02. The van der Waals surface area contributed by atoms with Crippen molar-refractivity contribution in [2.45, 2.75) is 40.2 Å². The second-order valence-corrected chi connectivity index (χ2v) is 3.14. The Hall–Kier alpha value is -0.560. The van der Waals surface area contributed by atoms with Crippen LogP contribution in [0.2, 0.25) is 0 Å². The van der Waals surface area contributed by atoms with Gasteiger partial charge in [0.2, 0.25) is 0 Å². The molecule has 0 aliphatic rings. The molecule has 64 valence electrons. The molecule has 0 saturated heterocycles. The summed E-state index contributed by atoms with van der Waals surface area (Å²) in [5.74, 6) is 0. The second-order valence-electron chi connectivity index (χ2n) is 3.14. The number of allylic oxidation sites excluding steroid dienone is 3. The molecule has 1 heteroatoms. The van der Waals surface area contributed by atoms with Gasteiger partial charge in [0.15, 0.2) is 0 Å². The van der Waals surface area contributed by atoms with Crippen molar-refractivity contribution in [3.63, 3.8) is 0 Å². The SMILES string of the molecule is CC(C)=CC/C=C(/C)[C@H](C)O. The van der Waals surface area contributed by atoms with Crippen LogP contribution in [0.4, 0.5) is 0 Å². The van der Waals surface area contributed by atoms with E-state index in [1.54, 1.807) is 6.92 Å². The molecule has 0 bridgehead atoms. The molecule has 1 atom stereocenters. The maximum atomic E-state index is 9.10. The average Bonchev–Trinajstić information content (AvgIpc) is 1.86. The normalized spacial score (nSPS) is 14.5. The zero-order chi connectivity index (χ0) is 8.85. The highest BCUT2D eigenvalue weighted by atomic mass is 16.3. The van der Waals surface area contributed by atoms with Gasteiger partial charge in [-0.3, -0.25) is 0 Å². The molecule has 1 nitrogen and oxygen atoms in total. The van der Waals surface area contributed by atoms with Gasteiger partial charge in [-0.1, -0.05) is 17.7 Å². The number of hydrogen-bond acceptors (Lipinski definition) is 1. The van der Waals surface area contributed by atoms with Gasteiger partial charge in [-0.25, -0.2) is 0 Å². The lowest BCUT2D eigenvalue weighted by atomic mass is 10.1. The smallest absolute Gasteiger partial charge is 0.0719 e. The van der Waals surface area contributed by atoms with Crippen LogP contribution in [-0.4, -0.2) is 11.2 Å². The highest BCUT2D eigenvalue weighted by Crippen LogP contribution is 2.03. The highest BCUT2D eigenvalue weighted by Gasteiger charge is 1.94. The lowest BCUT2D eigenvalue weighted by Gasteiger charge is -2.02. The van der Waals surface area contributed by atoms with Gasteiger partial charge in [0.1, 0.15) is 0 Å². The Morgan fingerprint density at radius 1 is 1.27 bits per heavy atom. The topological polar surface area (TPSA) is 20.2 Å². The molecule has 0 aliphatic heterocycles. The average molecular weight is 154 g/mol. The van der Waals surface area contributed by atoms with Crippen LogP contribution in [0, 0.1) is 0 Å². The van der Waals surface area contributed by atoms with Crippen molar-refractivity contribution >= 4 is 0 Å². The lowest BCUT2D eigenvalue weighted by molar-refractivity contribution is 0.231. The van der Waals surface area contributed by atoms with Crippen molar-refractivity contribution < 1.29 is 5.11 Å². The van der Waals surface area contributed by atoms with Gasteiger partial charge >= 0.3 is 0 Å². The van der Waals surface area contributed by atoms with E-state index in [0.717, 1.165) is 12.0 Å². The summed E-state index contributed by atoms with van der Waals surface area (Å²) >= 11 is 0. The summed E-state index contributed by atoms with van der Waals surface area (Å²) in [6.45, 7) is 7.88. The van der Waals surface area contributed by atoms with Crippen molar-refractivity contribution in [3.8, 4) is 0 Å². The zero-order valence-electron chi connectivity index (χ0n) is 7.89. The Morgan fingerprint density at radius 2 is 1.82 bits per heavy atom. The van der Waals surface area contributed by atoms with Crippen LogP contribution in [0.15, 0.2) is 23.3 Å². The molecule has 0 aromatic rings. The molecule has 0 unspecified atom stereocenters. The van der Waals surface area contributed by atoms with E-state index in [0.29, 0.717) is 0 Å². The van der Waals surface area contributed by atoms with Gasteiger partial charge in [0, 0.05) is 0 Å². The van der Waals surface area contributed by atoms with Crippen molar-refractivity contribution in [2.75, 3.05) is 0 Å². The van der Waals surface area contributed by atoms with Crippen LogP contribution >= 0.6 is 0 Å². The first-order valence-electron chi connectivity index (χ1n) is 4.02. The van der Waals surface area contributed by atoms with Gasteiger partial charge in [-0.2, -0.15) is 0 Å². The predicted molar refractivity (Wildman–Crippen MR) is 49.5 cm³/mol. The van der Waals surface area contributed by atoms with E-state index in [-0.39, 0.29) is 6.10 Å². The van der Waals surface area contributed by atoms with E-state index in [9.17, 15) is 0 Å². The molecule has 0 aromatic carbocycles. The minimum absolute atomic E-state index is 0.305. The zero-order valence-corrected chi connectivity index (χ0v) is 7.89. The third-order valence-corrected chi connectivity index (χ3v) is 1.62. The molecule has 0 fully saturated rings. The van der Waals surface area contributed by atoms with E-state index in [2.05, 4.69) is 26.0 Å². The maximum Gasteiger partial charge on any atom is 0.0719 e. The Balaban J connectivity index is 3.84. The summed E-state index contributed by atoms with van der Waals surface area (Å²) in [5, 5.41) is 9.10. The maximum absolute atomic E-state index is 9.10. The second kappa shape index (κ2) is 5.14. The summed E-state index contributed by atoms with van der Waals surface area (Å²) in [7, 11) is 0. The van der Waals surface area contributed by atoms with E-state index < -0.39 is 0 Å². The van der Waals surface area contributed by atoms with Crippen LogP contribution in [0.1, 0.15) is 34.1 Å². The van der Waals surface area contributed by atoms with E-state index in [1.165, 1.54) is 5.57 Å². The molecular formula is C10H18O. The van der Waals surface area contributed by atoms with Crippen LogP contribution < -0.4 is 0 Å². The minimum Gasteiger partial charge on any atom is -0.389 e. The fourth-order valence-corrected chi connectivity index (χ4v) is 0.651. The van der Waals surface area contributed by atoms with E-state index in [4.69, 9.17) is 5.11 Å². The standard InChI is InChI=1S/C10H18O/c1-8(2)6-5-7-9(3)10(4)11/h6-7,10-11H,5H2,1-4H3/b9-7-/t10-/m0/s1. The highest BCUT2D eigenvalue weighted by molar-refractivity contribution is 5.07. The molecular weight excluding hydrogens is 136 g/mol. The summed E-state index contributed by atoms with van der Waals surface area (Å²) in [5.41, 5.74) is 2.36. The summed E-state index contributed by atoms with van der Waals surface area (Å²) in [4.78, 5) is 0. The number of rotatable bonds is 3. The Kier molecular flexibility index (Phi) is 4.88. The molecule has 0 radical (unpaired) electrons. The third-order valence-electron chi connectivity index (χ3n) is 1.62. The fourth-order valence-electron chi connectivity index (χ4n) is 0.651. The molecule has 1 N–H and O–H groups in total. The summed E-state index contributed by atoms with van der Waals surface area (Å²) in [6, 6.07) is 0. The van der Waals surface area contributed by atoms with E-state index >= 15 is 0 Å². The van der Waals surface area contributed by atoms with Gasteiger partial charge in [-0.05, 0) is 39.7 Å². The van der Waals surface area contributed by atoms with Crippen LogP contribution in [0.3, 0.4) is 0 Å². The number of aliphatic hydroxyl groups excluding tert-OH is 1. The van der Waals surface area contributed by atoms with Crippen molar-refractivity contribution in [3.05, 3.63) is 23.3 Å². The summed E-state index contributed by atoms with van der Waals surface area (Å²) < 4.78 is 0. The Morgan fingerprint density at radius 3 is 2.18 bits per heavy atom. The molecule has 0 saturated carbocycles. The number of aliphatic hydroxyl groups is 1. The molecule has 0 heterocycles. The molecule has 0 aliphatic carbocycles. The van der Waals surface area contributed by atoms with Gasteiger partial charge in [-0.15, -0.1) is 0 Å². The Labute approximate surface area is 69.4 Å². The van der Waals surface area contributed by atoms with Gasteiger partial charge in [0.05, 0.1) is 6.10 Å². The largest absolute Gasteiger partial charge is 0.389 e. The number of hydrogen-bond donors (Lipinski definition) is 1. The third kappa shape index (κ3) is 5.86. The van der Waals surface area contributed by atoms with E-state index in [1.807, 2.05) is 6.92 Å². The molecule has 0 aromatic heterocycles. The van der Waals surface area contributed by atoms with Gasteiger partial charge < -0.3 is 5.11 Å². The first kappa shape index (κ1) is 10.4. The van der Waals surface area contributed by atoms with Crippen molar-refractivity contribution in [1.82, 2.24) is 0 Å². The van der Waals surface area contributed by atoms with Crippen molar-refractivity contribution in [2.24, 2.45) is 0 Å². The minimum atomic E-state index is -0.305. The Bertz CT molecular complexity index is 160. The quantitative estimate of drug-likeness (QED) is 0.620. The predicted octanol–water partition coefficient (Wildman–Crippen LogP) is 2.67. The fraction of sp³-hybridized carbons (Fsp3) is 0.600. The van der Waals surface area contributed by atoms with Crippen molar-refractivity contribution in [1.29, 1.82) is 0 Å². The monoisotopic (exact) mass is 154 g/mol. The first-order chi connectivity index (χ1) is 5.04. The molecule has 0 amide bonds.